The normalized spacial score (nSPS) is 17.6. The van der Waals surface area contributed by atoms with Crippen molar-refractivity contribution in [1.82, 2.24) is 19.6 Å². The van der Waals surface area contributed by atoms with Gasteiger partial charge >= 0.3 is 11.9 Å². The van der Waals surface area contributed by atoms with E-state index in [9.17, 15) is 9.59 Å². The predicted octanol–water partition coefficient (Wildman–Crippen LogP) is 5.01. The highest BCUT2D eigenvalue weighted by atomic mass is 32.1. The molecule has 6 heterocycles. The summed E-state index contributed by atoms with van der Waals surface area (Å²) in [5, 5.41) is 9.37. The van der Waals surface area contributed by atoms with Gasteiger partial charge in [-0.15, -0.1) is 22.7 Å². The number of nitrogens with one attached hydrogen (secondary N) is 2. The number of carbonyl (C=O) groups is 2. The van der Waals surface area contributed by atoms with E-state index in [2.05, 4.69) is 68.3 Å². The van der Waals surface area contributed by atoms with E-state index in [0.29, 0.717) is 19.7 Å². The minimum absolute atomic E-state index is 0.329. The van der Waals surface area contributed by atoms with Gasteiger partial charge in [0.1, 0.15) is 33.8 Å². The summed E-state index contributed by atoms with van der Waals surface area (Å²) in [6, 6.07) is 19.5. The van der Waals surface area contributed by atoms with Crippen LogP contribution >= 0.6 is 22.7 Å². The standard InChI is InChI=1S/C21H27N5O2S.C20H25N5O2S/c1-3-28-21(27)16(22)13-25-8-10-26(11-9-25)19-15-12-14(2)29-20(15)24-18-7-5-4-6-17(18)23-19;1-13-11-14-18(22-16-5-3-4-6-17(16)23-19(14)28-13)25-9-7-24(8-10-25)12-15(21)20(26)27-2/h4-7,12,16,24H,3,8-11,13,22H2,1-2H3;3-6,11,15,23H,7-10,12,21H2,1-2H3. The van der Waals surface area contributed by atoms with Gasteiger partial charge < -0.3 is 41.4 Å². The highest BCUT2D eigenvalue weighted by Gasteiger charge is 2.30. The quantitative estimate of drug-likeness (QED) is 0.185. The lowest BCUT2D eigenvalue weighted by Gasteiger charge is -2.37. The van der Waals surface area contributed by atoms with Gasteiger partial charge in [-0.3, -0.25) is 19.4 Å². The van der Waals surface area contributed by atoms with Crippen molar-refractivity contribution in [3.05, 3.63) is 81.5 Å². The van der Waals surface area contributed by atoms with Gasteiger partial charge in [-0.25, -0.2) is 9.98 Å². The molecular formula is C41H52N10O4S2. The molecule has 0 spiro atoms. The third kappa shape index (κ3) is 9.49. The van der Waals surface area contributed by atoms with Crippen LogP contribution in [0.2, 0.25) is 0 Å². The molecule has 0 bridgehead atoms. The van der Waals surface area contributed by atoms with Crippen LogP contribution in [0.1, 0.15) is 27.8 Å². The Morgan fingerprint density at radius 3 is 1.54 bits per heavy atom. The number of ether oxygens (including phenoxy) is 2. The highest BCUT2D eigenvalue weighted by molar-refractivity contribution is 7.17. The number of anilines is 4. The van der Waals surface area contributed by atoms with Gasteiger partial charge in [0.25, 0.3) is 0 Å². The maximum Gasteiger partial charge on any atom is 0.324 e. The van der Waals surface area contributed by atoms with E-state index >= 15 is 0 Å². The fourth-order valence-corrected chi connectivity index (χ4v) is 9.21. The first kappa shape index (κ1) is 40.4. The van der Waals surface area contributed by atoms with Crippen LogP contribution in [0.3, 0.4) is 0 Å². The van der Waals surface area contributed by atoms with Gasteiger partial charge in [-0.05, 0) is 57.2 Å². The second kappa shape index (κ2) is 18.2. The zero-order valence-corrected chi connectivity index (χ0v) is 34.6. The molecule has 2 fully saturated rings. The van der Waals surface area contributed by atoms with Crippen molar-refractivity contribution >= 4 is 79.0 Å². The van der Waals surface area contributed by atoms with Gasteiger partial charge in [0.05, 0.1) is 47.6 Å². The number of nitrogens with zero attached hydrogens (tertiary/aromatic N) is 6. The van der Waals surface area contributed by atoms with Crippen LogP contribution in [0, 0.1) is 13.8 Å². The van der Waals surface area contributed by atoms with Crippen molar-refractivity contribution in [3.8, 4) is 0 Å². The minimum Gasteiger partial charge on any atom is -0.468 e. The molecule has 16 heteroatoms. The molecule has 4 aliphatic heterocycles. The summed E-state index contributed by atoms with van der Waals surface area (Å²) in [4.78, 5) is 45.0. The van der Waals surface area contributed by atoms with Crippen LogP contribution in [0.5, 0.6) is 0 Å². The summed E-state index contributed by atoms with van der Waals surface area (Å²) in [5.74, 6) is 1.32. The summed E-state index contributed by atoms with van der Waals surface area (Å²) in [6.07, 6.45) is 0. The monoisotopic (exact) mass is 812 g/mol. The molecule has 302 valence electrons. The average Bonchev–Trinajstić information content (AvgIpc) is 3.67. The number of carbonyl (C=O) groups excluding carboxylic acids is 2. The Kier molecular flexibility index (Phi) is 12.9. The number of aliphatic imine (C=N–C) groups is 2. The smallest absolute Gasteiger partial charge is 0.324 e. The number of nitrogens with two attached hydrogens (primary N) is 2. The van der Waals surface area contributed by atoms with E-state index in [4.69, 9.17) is 30.9 Å². The van der Waals surface area contributed by atoms with Crippen molar-refractivity contribution in [1.29, 1.82) is 0 Å². The van der Waals surface area contributed by atoms with Crippen molar-refractivity contribution in [2.75, 3.05) is 89.8 Å². The summed E-state index contributed by atoms with van der Waals surface area (Å²) in [5.41, 5.74) is 18.2. The zero-order valence-electron chi connectivity index (χ0n) is 33.0. The molecule has 0 amide bonds. The number of rotatable bonds is 7. The molecule has 0 saturated carbocycles. The molecule has 2 aromatic heterocycles. The Bertz CT molecular complexity index is 2120. The molecule has 2 saturated heterocycles. The number of hydrogen-bond acceptors (Lipinski definition) is 16. The Morgan fingerprint density at radius 2 is 1.12 bits per heavy atom. The number of thiophene rings is 2. The van der Waals surface area contributed by atoms with Crippen LogP contribution < -0.4 is 22.1 Å². The molecule has 8 rings (SSSR count). The van der Waals surface area contributed by atoms with E-state index in [1.165, 1.54) is 16.9 Å². The molecule has 0 aliphatic carbocycles. The molecular weight excluding hydrogens is 761 g/mol. The molecule has 2 unspecified atom stereocenters. The number of para-hydroxylation sites is 4. The predicted molar refractivity (Wildman–Crippen MR) is 231 cm³/mol. The number of methoxy groups -OCH3 is 1. The third-order valence-electron chi connectivity index (χ3n) is 10.3. The second-order valence-electron chi connectivity index (χ2n) is 14.4. The molecule has 6 N–H and O–H groups in total. The second-order valence-corrected chi connectivity index (χ2v) is 16.9. The van der Waals surface area contributed by atoms with E-state index < -0.39 is 12.1 Å². The molecule has 14 nitrogen and oxygen atoms in total. The maximum atomic E-state index is 11.8. The molecule has 4 aliphatic rings. The average molecular weight is 813 g/mol. The van der Waals surface area contributed by atoms with Crippen molar-refractivity contribution in [3.63, 3.8) is 0 Å². The first-order chi connectivity index (χ1) is 27.6. The molecule has 0 radical (unpaired) electrons. The molecule has 57 heavy (non-hydrogen) atoms. The van der Waals surface area contributed by atoms with Gasteiger partial charge in [0, 0.05) is 75.2 Å². The van der Waals surface area contributed by atoms with Crippen LogP contribution in [0.15, 0.2) is 70.6 Å². The zero-order chi connectivity index (χ0) is 40.1. The number of esters is 2. The van der Waals surface area contributed by atoms with Crippen LogP contribution in [-0.4, -0.2) is 134 Å². The lowest BCUT2D eigenvalue weighted by atomic mass is 10.2. The highest BCUT2D eigenvalue weighted by Crippen LogP contribution is 2.40. The van der Waals surface area contributed by atoms with Crippen LogP contribution in [0.4, 0.5) is 32.8 Å². The SMILES string of the molecule is CCOC(=O)C(N)CN1CCN(C2=Nc3ccccc3Nc3sc(C)cc32)CC1.COC(=O)C(N)CN1CCN(C2=Nc3ccccc3Nc3sc(C)cc32)CC1. The number of hydrogen-bond donors (Lipinski definition) is 4. The number of aryl methyl sites for hydroxylation is 2. The maximum absolute atomic E-state index is 11.8. The van der Waals surface area contributed by atoms with Gasteiger partial charge in [-0.2, -0.15) is 0 Å². The Labute approximate surface area is 342 Å². The summed E-state index contributed by atoms with van der Waals surface area (Å²) in [6.45, 7) is 14.1. The molecule has 2 atom stereocenters. The lowest BCUT2D eigenvalue weighted by Crippen LogP contribution is -2.53. The number of amidine groups is 2. The van der Waals surface area contributed by atoms with Crippen LogP contribution in [-0.2, 0) is 19.1 Å². The van der Waals surface area contributed by atoms with Crippen molar-refractivity contribution in [2.24, 2.45) is 21.5 Å². The fraction of sp³-hybridized carbons (Fsp3) is 0.415. The minimum atomic E-state index is -0.603. The first-order valence-corrected chi connectivity index (χ1v) is 21.0. The van der Waals surface area contributed by atoms with Crippen molar-refractivity contribution < 1.29 is 19.1 Å². The number of piperazine rings is 2. The molecule has 2 aromatic carbocycles. The van der Waals surface area contributed by atoms with Crippen LogP contribution in [0.25, 0.3) is 0 Å². The summed E-state index contributed by atoms with van der Waals surface area (Å²) >= 11 is 3.51. The van der Waals surface area contributed by atoms with Crippen molar-refractivity contribution in [2.45, 2.75) is 32.9 Å². The van der Waals surface area contributed by atoms with E-state index in [-0.39, 0.29) is 11.9 Å². The van der Waals surface area contributed by atoms with E-state index in [0.717, 1.165) is 108 Å². The third-order valence-corrected chi connectivity index (χ3v) is 12.2. The summed E-state index contributed by atoms with van der Waals surface area (Å²) < 4.78 is 9.76. The number of benzene rings is 2. The van der Waals surface area contributed by atoms with Gasteiger partial charge in [-0.1, -0.05) is 24.3 Å². The molecule has 4 aromatic rings. The van der Waals surface area contributed by atoms with E-state index in [1.807, 2.05) is 36.4 Å². The fourth-order valence-electron chi connectivity index (χ4n) is 7.37. The lowest BCUT2D eigenvalue weighted by molar-refractivity contribution is -0.145. The Morgan fingerprint density at radius 1 is 0.702 bits per heavy atom. The van der Waals surface area contributed by atoms with Gasteiger partial charge in [0.2, 0.25) is 0 Å². The Hall–Kier alpha value is -4.84. The number of fused-ring (bicyclic) bond motifs is 4. The topological polar surface area (TPSA) is 166 Å². The summed E-state index contributed by atoms with van der Waals surface area (Å²) in [7, 11) is 1.37. The Balaban J connectivity index is 0.000000174. The largest absolute Gasteiger partial charge is 0.468 e. The van der Waals surface area contributed by atoms with Gasteiger partial charge in [0.15, 0.2) is 0 Å². The van der Waals surface area contributed by atoms with E-state index in [1.54, 1.807) is 29.6 Å². The first-order valence-electron chi connectivity index (χ1n) is 19.4.